The van der Waals surface area contributed by atoms with Crippen molar-refractivity contribution in [2.75, 3.05) is 12.4 Å². The van der Waals surface area contributed by atoms with Gasteiger partial charge in [0.05, 0.1) is 11.7 Å². The van der Waals surface area contributed by atoms with E-state index in [-0.39, 0.29) is 5.56 Å². The van der Waals surface area contributed by atoms with Gasteiger partial charge in [-0.05, 0) is 11.6 Å². The molecule has 0 heterocycles. The highest BCUT2D eigenvalue weighted by molar-refractivity contribution is 9.09. The second-order valence-corrected chi connectivity index (χ2v) is 3.61. The van der Waals surface area contributed by atoms with Crippen molar-refractivity contribution in [2.24, 2.45) is 0 Å². The van der Waals surface area contributed by atoms with Gasteiger partial charge in [0.1, 0.15) is 0 Å². The SMILES string of the molecule is COC(CBr)c1ccccc1C(F)(F)F. The Bertz CT molecular complexity index is 321. The van der Waals surface area contributed by atoms with Crippen molar-refractivity contribution < 1.29 is 17.9 Å². The molecule has 0 aliphatic rings. The number of methoxy groups -OCH3 is 1. The Labute approximate surface area is 94.4 Å². The van der Waals surface area contributed by atoms with Crippen molar-refractivity contribution >= 4 is 15.9 Å². The third-order valence-corrected chi connectivity index (χ3v) is 2.63. The standard InChI is InChI=1S/C10H10BrF3O/c1-15-9(6-11)7-4-2-3-5-8(7)10(12,13)14/h2-5,9H,6H2,1H3. The Morgan fingerprint density at radius 3 is 2.40 bits per heavy atom. The average Bonchev–Trinajstić information content (AvgIpc) is 2.19. The van der Waals surface area contributed by atoms with Gasteiger partial charge in [0.15, 0.2) is 0 Å². The van der Waals surface area contributed by atoms with E-state index in [2.05, 4.69) is 15.9 Å². The second kappa shape index (κ2) is 4.99. The number of hydrogen-bond acceptors (Lipinski definition) is 1. The van der Waals surface area contributed by atoms with Gasteiger partial charge < -0.3 is 4.74 Å². The summed E-state index contributed by atoms with van der Waals surface area (Å²) in [4.78, 5) is 0. The van der Waals surface area contributed by atoms with E-state index in [9.17, 15) is 13.2 Å². The molecule has 0 spiro atoms. The monoisotopic (exact) mass is 282 g/mol. The molecule has 0 aliphatic heterocycles. The van der Waals surface area contributed by atoms with Crippen LogP contribution in [0.1, 0.15) is 17.2 Å². The molecule has 0 aromatic heterocycles. The lowest BCUT2D eigenvalue weighted by Gasteiger charge is -2.18. The molecule has 1 atom stereocenters. The third-order valence-electron chi connectivity index (χ3n) is 2.04. The zero-order chi connectivity index (χ0) is 11.5. The van der Waals surface area contributed by atoms with Crippen LogP contribution in [0.5, 0.6) is 0 Å². The molecular formula is C10H10BrF3O. The van der Waals surface area contributed by atoms with Crippen LogP contribution in [0.25, 0.3) is 0 Å². The molecule has 0 radical (unpaired) electrons. The van der Waals surface area contributed by atoms with E-state index in [1.807, 2.05) is 0 Å². The molecule has 0 N–H and O–H groups in total. The van der Waals surface area contributed by atoms with Crippen LogP contribution in [0.4, 0.5) is 13.2 Å². The quantitative estimate of drug-likeness (QED) is 0.767. The molecule has 84 valence electrons. The fourth-order valence-electron chi connectivity index (χ4n) is 1.31. The number of alkyl halides is 4. The molecule has 1 nitrogen and oxygen atoms in total. The molecule has 0 saturated carbocycles. The highest BCUT2D eigenvalue weighted by atomic mass is 79.9. The minimum atomic E-state index is -4.34. The van der Waals surface area contributed by atoms with Crippen LogP contribution in [0.2, 0.25) is 0 Å². The Morgan fingerprint density at radius 1 is 1.33 bits per heavy atom. The van der Waals surface area contributed by atoms with Crippen LogP contribution in [-0.4, -0.2) is 12.4 Å². The first kappa shape index (κ1) is 12.5. The molecule has 0 bridgehead atoms. The average molecular weight is 283 g/mol. The molecule has 5 heteroatoms. The van der Waals surface area contributed by atoms with Crippen molar-refractivity contribution in [3.63, 3.8) is 0 Å². The molecule has 1 aromatic carbocycles. The molecule has 0 aliphatic carbocycles. The Morgan fingerprint density at radius 2 is 1.93 bits per heavy atom. The molecule has 0 amide bonds. The Kier molecular flexibility index (Phi) is 4.16. The maximum absolute atomic E-state index is 12.6. The molecule has 0 saturated heterocycles. The van der Waals surface area contributed by atoms with E-state index in [0.717, 1.165) is 6.07 Å². The topological polar surface area (TPSA) is 9.23 Å². The Hall–Kier alpha value is -0.550. The van der Waals surface area contributed by atoms with Crippen LogP contribution in [0.15, 0.2) is 24.3 Å². The van der Waals surface area contributed by atoms with Crippen molar-refractivity contribution in [3.05, 3.63) is 35.4 Å². The summed E-state index contributed by atoms with van der Waals surface area (Å²) in [6.07, 6.45) is -4.92. The predicted molar refractivity (Wildman–Crippen MR) is 55.0 cm³/mol. The van der Waals surface area contributed by atoms with Crippen LogP contribution in [0, 0.1) is 0 Å². The van der Waals surface area contributed by atoms with Gasteiger partial charge in [-0.2, -0.15) is 13.2 Å². The zero-order valence-corrected chi connectivity index (χ0v) is 9.60. The van der Waals surface area contributed by atoms with Gasteiger partial charge >= 0.3 is 6.18 Å². The van der Waals surface area contributed by atoms with E-state index in [1.54, 1.807) is 6.07 Å². The smallest absolute Gasteiger partial charge is 0.376 e. The lowest BCUT2D eigenvalue weighted by atomic mass is 10.0. The van der Waals surface area contributed by atoms with E-state index >= 15 is 0 Å². The van der Waals surface area contributed by atoms with Crippen molar-refractivity contribution in [3.8, 4) is 0 Å². The molecule has 1 unspecified atom stereocenters. The fraction of sp³-hybridized carbons (Fsp3) is 0.400. The second-order valence-electron chi connectivity index (χ2n) is 2.96. The number of rotatable bonds is 3. The molecule has 0 fully saturated rings. The van der Waals surface area contributed by atoms with Crippen molar-refractivity contribution in [2.45, 2.75) is 12.3 Å². The van der Waals surface area contributed by atoms with Gasteiger partial charge in [0, 0.05) is 12.4 Å². The summed E-state index contributed by atoms with van der Waals surface area (Å²) in [5, 5.41) is 0.330. The largest absolute Gasteiger partial charge is 0.416 e. The molecular weight excluding hydrogens is 273 g/mol. The summed E-state index contributed by atoms with van der Waals surface area (Å²) >= 11 is 3.12. The summed E-state index contributed by atoms with van der Waals surface area (Å²) in [5.41, 5.74) is -0.485. The maximum atomic E-state index is 12.6. The summed E-state index contributed by atoms with van der Waals surface area (Å²) in [6, 6.07) is 5.43. The highest BCUT2D eigenvalue weighted by Crippen LogP contribution is 2.35. The molecule has 1 aromatic rings. The number of hydrogen-bond donors (Lipinski definition) is 0. The lowest BCUT2D eigenvalue weighted by Crippen LogP contribution is -2.13. The number of benzene rings is 1. The van der Waals surface area contributed by atoms with Gasteiger partial charge in [0.25, 0.3) is 0 Å². The van der Waals surface area contributed by atoms with Gasteiger partial charge in [-0.25, -0.2) is 0 Å². The normalized spacial score (nSPS) is 13.9. The zero-order valence-electron chi connectivity index (χ0n) is 8.01. The van der Waals surface area contributed by atoms with Crippen molar-refractivity contribution in [1.29, 1.82) is 0 Å². The summed E-state index contributed by atoms with van der Waals surface area (Å²) < 4.78 is 42.8. The van der Waals surface area contributed by atoms with Gasteiger partial charge in [-0.15, -0.1) is 0 Å². The minimum absolute atomic E-state index is 0.157. The van der Waals surface area contributed by atoms with Crippen LogP contribution in [-0.2, 0) is 10.9 Å². The molecule has 15 heavy (non-hydrogen) atoms. The van der Waals surface area contributed by atoms with Gasteiger partial charge in [0.2, 0.25) is 0 Å². The van der Waals surface area contributed by atoms with Crippen LogP contribution < -0.4 is 0 Å². The van der Waals surface area contributed by atoms with Crippen molar-refractivity contribution in [1.82, 2.24) is 0 Å². The van der Waals surface area contributed by atoms with E-state index in [0.29, 0.717) is 5.33 Å². The van der Waals surface area contributed by atoms with Gasteiger partial charge in [-0.3, -0.25) is 0 Å². The molecule has 1 rings (SSSR count). The van der Waals surface area contributed by atoms with E-state index in [4.69, 9.17) is 4.74 Å². The third kappa shape index (κ3) is 2.95. The first-order valence-corrected chi connectivity index (χ1v) is 5.37. The minimum Gasteiger partial charge on any atom is -0.376 e. The van der Waals surface area contributed by atoms with Crippen LogP contribution >= 0.6 is 15.9 Å². The Balaban J connectivity index is 3.17. The van der Waals surface area contributed by atoms with Crippen LogP contribution in [0.3, 0.4) is 0 Å². The first-order valence-electron chi connectivity index (χ1n) is 4.25. The number of ether oxygens (including phenoxy) is 1. The summed E-state index contributed by atoms with van der Waals surface area (Å²) in [6.45, 7) is 0. The summed E-state index contributed by atoms with van der Waals surface area (Å²) in [7, 11) is 1.39. The van der Waals surface area contributed by atoms with E-state index < -0.39 is 17.8 Å². The van der Waals surface area contributed by atoms with E-state index in [1.165, 1.54) is 19.2 Å². The fourth-order valence-corrected chi connectivity index (χ4v) is 1.92. The summed E-state index contributed by atoms with van der Waals surface area (Å²) in [5.74, 6) is 0. The highest BCUT2D eigenvalue weighted by Gasteiger charge is 2.34. The number of halogens is 4. The van der Waals surface area contributed by atoms with Gasteiger partial charge in [-0.1, -0.05) is 34.1 Å². The lowest BCUT2D eigenvalue weighted by molar-refractivity contribution is -0.139. The maximum Gasteiger partial charge on any atom is 0.416 e. The first-order chi connectivity index (χ1) is 7.00. The predicted octanol–water partition coefficient (Wildman–Crippen LogP) is 3.79.